The van der Waals surface area contributed by atoms with Gasteiger partial charge in [-0.05, 0) is 43.9 Å². The first-order chi connectivity index (χ1) is 13.4. The first-order valence-electron chi connectivity index (χ1n) is 9.62. The zero-order valence-electron chi connectivity index (χ0n) is 15.7. The zero-order valence-corrected chi connectivity index (χ0v) is 17.3. The van der Waals surface area contributed by atoms with Gasteiger partial charge in [-0.25, -0.2) is 8.42 Å². The van der Waals surface area contributed by atoms with Crippen molar-refractivity contribution in [2.45, 2.75) is 49.5 Å². The first kappa shape index (κ1) is 21.1. The Morgan fingerprint density at radius 1 is 1.25 bits per heavy atom. The first-order valence-corrected chi connectivity index (χ1v) is 11.4. The summed E-state index contributed by atoms with van der Waals surface area (Å²) in [6.07, 6.45) is 5.75. The van der Waals surface area contributed by atoms with Gasteiger partial charge in [-0.15, -0.1) is 0 Å². The molecule has 152 valence electrons. The van der Waals surface area contributed by atoms with Crippen LogP contribution in [0.15, 0.2) is 23.1 Å². The summed E-state index contributed by atoms with van der Waals surface area (Å²) in [4.78, 5) is 14.4. The zero-order chi connectivity index (χ0) is 20.1. The van der Waals surface area contributed by atoms with Crippen LogP contribution < -0.4 is 5.32 Å². The smallest absolute Gasteiger partial charge is 0.243 e. The van der Waals surface area contributed by atoms with Crippen LogP contribution in [0, 0.1) is 11.3 Å². The van der Waals surface area contributed by atoms with Gasteiger partial charge in [0.05, 0.1) is 34.8 Å². The van der Waals surface area contributed by atoms with Gasteiger partial charge in [-0.3, -0.25) is 9.69 Å². The highest BCUT2D eigenvalue weighted by molar-refractivity contribution is 7.89. The van der Waals surface area contributed by atoms with E-state index in [1.807, 2.05) is 4.90 Å². The van der Waals surface area contributed by atoms with Crippen LogP contribution in [0.4, 0.5) is 5.69 Å². The molecule has 3 rings (SSSR count). The molecule has 0 unspecified atom stereocenters. The van der Waals surface area contributed by atoms with E-state index < -0.39 is 10.0 Å². The Hall–Kier alpha value is -1.66. The van der Waals surface area contributed by atoms with Crippen molar-refractivity contribution >= 4 is 33.2 Å². The summed E-state index contributed by atoms with van der Waals surface area (Å²) >= 11 is 6.19. The highest BCUT2D eigenvalue weighted by Crippen LogP contribution is 2.29. The van der Waals surface area contributed by atoms with E-state index >= 15 is 0 Å². The van der Waals surface area contributed by atoms with Crippen LogP contribution in [0.3, 0.4) is 0 Å². The number of carbonyl (C=O) groups is 1. The van der Waals surface area contributed by atoms with Crippen LogP contribution in [0.1, 0.15) is 38.5 Å². The van der Waals surface area contributed by atoms with E-state index in [-0.39, 0.29) is 40.6 Å². The van der Waals surface area contributed by atoms with Crippen LogP contribution in [0.25, 0.3) is 0 Å². The van der Waals surface area contributed by atoms with Gasteiger partial charge in [-0.1, -0.05) is 24.4 Å². The van der Waals surface area contributed by atoms with Crippen molar-refractivity contribution in [1.82, 2.24) is 9.21 Å². The van der Waals surface area contributed by atoms with Gasteiger partial charge in [0.2, 0.25) is 15.9 Å². The highest BCUT2D eigenvalue weighted by atomic mass is 35.5. The van der Waals surface area contributed by atoms with E-state index in [1.54, 1.807) is 0 Å². The third-order valence-electron chi connectivity index (χ3n) is 5.10. The van der Waals surface area contributed by atoms with Crippen molar-refractivity contribution in [2.24, 2.45) is 0 Å². The fourth-order valence-electron chi connectivity index (χ4n) is 3.41. The monoisotopic (exact) mass is 424 g/mol. The maximum atomic E-state index is 13.0. The van der Waals surface area contributed by atoms with E-state index in [2.05, 4.69) is 11.4 Å². The summed E-state index contributed by atoms with van der Waals surface area (Å²) < 4.78 is 27.5. The van der Waals surface area contributed by atoms with Gasteiger partial charge in [0.25, 0.3) is 0 Å². The molecule has 2 aliphatic rings. The second-order valence-electron chi connectivity index (χ2n) is 7.30. The molecule has 1 heterocycles. The highest BCUT2D eigenvalue weighted by Gasteiger charge is 2.30. The van der Waals surface area contributed by atoms with Crippen molar-refractivity contribution in [3.63, 3.8) is 0 Å². The Morgan fingerprint density at radius 3 is 2.54 bits per heavy atom. The van der Waals surface area contributed by atoms with Crippen LogP contribution in [0.5, 0.6) is 0 Å². The molecule has 1 saturated carbocycles. The number of nitriles is 1. The summed E-state index contributed by atoms with van der Waals surface area (Å²) in [5.74, 6) is -0.312. The lowest BCUT2D eigenvalue weighted by Gasteiger charge is -2.21. The van der Waals surface area contributed by atoms with Crippen LogP contribution >= 0.6 is 11.6 Å². The van der Waals surface area contributed by atoms with Gasteiger partial charge in [0, 0.05) is 19.1 Å². The van der Waals surface area contributed by atoms with Gasteiger partial charge in [0.15, 0.2) is 0 Å². The molecule has 0 radical (unpaired) electrons. The van der Waals surface area contributed by atoms with Crippen LogP contribution in [-0.2, 0) is 14.8 Å². The number of nitrogens with one attached hydrogen (secondary N) is 1. The van der Waals surface area contributed by atoms with Gasteiger partial charge in [0.1, 0.15) is 0 Å². The summed E-state index contributed by atoms with van der Waals surface area (Å²) in [5, 5.41) is 11.9. The molecule has 1 aliphatic carbocycles. The third-order valence-corrected chi connectivity index (χ3v) is 7.32. The Morgan fingerprint density at radius 2 is 1.93 bits per heavy atom. The van der Waals surface area contributed by atoms with Crippen molar-refractivity contribution in [3.05, 3.63) is 23.2 Å². The molecule has 28 heavy (non-hydrogen) atoms. The number of hydrogen-bond acceptors (Lipinski definition) is 5. The predicted molar refractivity (Wildman–Crippen MR) is 108 cm³/mol. The Bertz CT molecular complexity index is 856. The van der Waals surface area contributed by atoms with Gasteiger partial charge < -0.3 is 5.32 Å². The maximum absolute atomic E-state index is 13.0. The van der Waals surface area contributed by atoms with Gasteiger partial charge >= 0.3 is 0 Å². The van der Waals surface area contributed by atoms with Crippen LogP contribution in [-0.4, -0.2) is 55.8 Å². The molecule has 0 aromatic heterocycles. The van der Waals surface area contributed by atoms with Crippen molar-refractivity contribution < 1.29 is 13.2 Å². The molecule has 1 N–H and O–H groups in total. The molecule has 0 bridgehead atoms. The quantitative estimate of drug-likeness (QED) is 0.679. The lowest BCUT2D eigenvalue weighted by atomic mass is 10.2. The molecule has 1 aromatic carbocycles. The number of nitrogens with zero attached hydrogens (tertiary/aromatic N) is 3. The van der Waals surface area contributed by atoms with E-state index in [1.165, 1.54) is 22.5 Å². The standard InChI is InChI=1S/C19H25ClN4O3S/c20-17-8-7-16(28(26,27)24-10-3-1-2-4-11-24)13-18(17)22-19(25)14-23(12-9-21)15-5-6-15/h7-8,13,15H,1-6,10-12,14H2,(H,22,25). The van der Waals surface area contributed by atoms with Crippen molar-refractivity contribution in [1.29, 1.82) is 5.26 Å². The fraction of sp³-hybridized carbons (Fsp3) is 0.579. The fourth-order valence-corrected chi connectivity index (χ4v) is 5.12. The number of benzene rings is 1. The summed E-state index contributed by atoms with van der Waals surface area (Å²) in [6.45, 7) is 1.29. The largest absolute Gasteiger partial charge is 0.324 e. The summed E-state index contributed by atoms with van der Waals surface area (Å²) in [7, 11) is -3.63. The topological polar surface area (TPSA) is 93.5 Å². The third kappa shape index (κ3) is 5.23. The van der Waals surface area contributed by atoms with E-state index in [0.29, 0.717) is 13.1 Å². The van der Waals surface area contributed by atoms with E-state index in [4.69, 9.17) is 16.9 Å². The Labute approximate surface area is 171 Å². The van der Waals surface area contributed by atoms with E-state index in [0.717, 1.165) is 38.5 Å². The number of carbonyl (C=O) groups excluding carboxylic acids is 1. The second-order valence-corrected chi connectivity index (χ2v) is 9.65. The number of anilines is 1. The molecular weight excluding hydrogens is 400 g/mol. The molecule has 0 atom stereocenters. The predicted octanol–water partition coefficient (Wildman–Crippen LogP) is 2.83. The lowest BCUT2D eigenvalue weighted by Crippen LogP contribution is -2.35. The molecule has 1 aromatic rings. The van der Waals surface area contributed by atoms with Crippen molar-refractivity contribution in [2.75, 3.05) is 31.5 Å². The average molecular weight is 425 g/mol. The lowest BCUT2D eigenvalue weighted by molar-refractivity contribution is -0.117. The molecule has 9 heteroatoms. The average Bonchev–Trinajstić information content (AvgIpc) is 3.50. The molecule has 0 spiro atoms. The van der Waals surface area contributed by atoms with Crippen LogP contribution in [0.2, 0.25) is 5.02 Å². The summed E-state index contributed by atoms with van der Waals surface area (Å²) in [6, 6.07) is 6.74. The normalized spacial score (nSPS) is 18.5. The Balaban J connectivity index is 1.73. The minimum Gasteiger partial charge on any atom is -0.324 e. The summed E-state index contributed by atoms with van der Waals surface area (Å²) in [5.41, 5.74) is 0.273. The maximum Gasteiger partial charge on any atom is 0.243 e. The van der Waals surface area contributed by atoms with Crippen molar-refractivity contribution in [3.8, 4) is 6.07 Å². The number of rotatable bonds is 7. The Kier molecular flexibility index (Phi) is 6.94. The molecular formula is C19H25ClN4O3S. The SMILES string of the molecule is N#CCN(CC(=O)Nc1cc(S(=O)(=O)N2CCCCCC2)ccc1Cl)C1CC1. The molecule has 1 aliphatic heterocycles. The van der Waals surface area contributed by atoms with Gasteiger partial charge in [-0.2, -0.15) is 9.57 Å². The number of hydrogen-bond donors (Lipinski definition) is 1. The second kappa shape index (κ2) is 9.23. The number of sulfonamides is 1. The molecule has 1 saturated heterocycles. The van der Waals surface area contributed by atoms with E-state index in [9.17, 15) is 13.2 Å². The molecule has 2 fully saturated rings. The molecule has 1 amide bonds. The number of halogens is 1. The minimum absolute atomic E-state index is 0.0810. The number of amides is 1. The minimum atomic E-state index is -3.63. The molecule has 7 nitrogen and oxygen atoms in total.